The predicted molar refractivity (Wildman–Crippen MR) is 129 cm³/mol. The van der Waals surface area contributed by atoms with E-state index >= 15 is 0 Å². The molecule has 7 nitrogen and oxygen atoms in total. The minimum Gasteiger partial charge on any atom is -0.453 e. The number of nitrogens with one attached hydrogen (secondary N) is 2. The zero-order valence-electron chi connectivity index (χ0n) is 19.0. The molecule has 4 rings (SSSR count). The Morgan fingerprint density at radius 1 is 1.11 bits per heavy atom. The van der Waals surface area contributed by atoms with Crippen LogP contribution >= 0.6 is 11.3 Å². The van der Waals surface area contributed by atoms with E-state index in [1.807, 2.05) is 42.5 Å². The number of hydrogen-bond donors (Lipinski definition) is 3. The number of aromatic nitrogens is 1. The number of alkyl halides is 2. The summed E-state index contributed by atoms with van der Waals surface area (Å²) in [5, 5.41) is 7.68. The maximum absolute atomic E-state index is 13.6. The lowest BCUT2D eigenvalue weighted by Gasteiger charge is -2.22. The number of rotatable bonds is 9. The van der Waals surface area contributed by atoms with Gasteiger partial charge in [-0.3, -0.25) is 4.79 Å². The van der Waals surface area contributed by atoms with Crippen LogP contribution in [-0.2, 0) is 22.4 Å². The number of carbonyl (C=O) groups excluding carboxylic acids is 2. The number of alkyl carbamates (subject to hydrolysis) is 1. The van der Waals surface area contributed by atoms with Crippen molar-refractivity contribution < 1.29 is 23.1 Å². The number of carbonyl (C=O) groups is 2. The fourth-order valence-corrected chi connectivity index (χ4v) is 4.70. The highest BCUT2D eigenvalue weighted by Gasteiger charge is 2.58. The summed E-state index contributed by atoms with van der Waals surface area (Å²) in [6.45, 7) is 0. The second-order valence-corrected chi connectivity index (χ2v) is 9.40. The number of ether oxygens (including phenoxy) is 1. The Kier molecular flexibility index (Phi) is 7.30. The third-order valence-corrected chi connectivity index (χ3v) is 6.81. The number of nitrogens with zero attached hydrogens (tertiary/aromatic N) is 1. The molecule has 35 heavy (non-hydrogen) atoms. The fourth-order valence-electron chi connectivity index (χ4n) is 3.78. The highest BCUT2D eigenvalue weighted by Crippen LogP contribution is 2.55. The lowest BCUT2D eigenvalue weighted by Crippen LogP contribution is -2.49. The smallest absolute Gasteiger partial charge is 0.407 e. The Morgan fingerprint density at radius 2 is 1.77 bits per heavy atom. The van der Waals surface area contributed by atoms with Gasteiger partial charge in [0.25, 0.3) is 5.92 Å². The Hall–Kier alpha value is -3.53. The summed E-state index contributed by atoms with van der Waals surface area (Å²) < 4.78 is 31.9. The third-order valence-electron chi connectivity index (χ3n) is 5.83. The standard InChI is InChI=1S/C25H26F2N4O3S/c1-34-24(33)31-19(11-15-5-3-2-4-6-15)22(32)29-20(12-16-7-9-17(28)10-8-16)23-30-21(14-35-23)18-13-25(18,26)27/h2-10,14,18-20H,11-13,28H2,1H3,(H,29,32)(H,31,33). The molecular weight excluding hydrogens is 474 g/mol. The molecular formula is C25H26F2N4O3S. The average Bonchev–Trinajstić information content (AvgIpc) is 3.24. The highest BCUT2D eigenvalue weighted by molar-refractivity contribution is 7.09. The normalized spacial score (nSPS) is 17.7. The maximum Gasteiger partial charge on any atom is 0.407 e. The third kappa shape index (κ3) is 6.33. The highest BCUT2D eigenvalue weighted by atomic mass is 32.1. The molecule has 2 amide bonds. The second kappa shape index (κ2) is 10.4. The molecule has 4 N–H and O–H groups in total. The van der Waals surface area contributed by atoms with Gasteiger partial charge in [0, 0.05) is 23.9 Å². The fraction of sp³-hybridized carbons (Fsp3) is 0.320. The second-order valence-electron chi connectivity index (χ2n) is 8.51. The molecule has 1 fully saturated rings. The van der Waals surface area contributed by atoms with Crippen LogP contribution in [0.1, 0.15) is 40.2 Å². The Labute approximate surface area is 205 Å². The number of amides is 2. The first kappa shape index (κ1) is 24.6. The van der Waals surface area contributed by atoms with E-state index < -0.39 is 35.9 Å². The van der Waals surface area contributed by atoms with Gasteiger partial charge in [0.1, 0.15) is 11.0 Å². The molecule has 10 heteroatoms. The van der Waals surface area contributed by atoms with Crippen molar-refractivity contribution in [2.45, 2.75) is 43.2 Å². The molecule has 3 unspecified atom stereocenters. The van der Waals surface area contributed by atoms with Gasteiger partial charge in [0.15, 0.2) is 0 Å². The van der Waals surface area contributed by atoms with Crippen molar-refractivity contribution in [2.24, 2.45) is 0 Å². The molecule has 2 aromatic carbocycles. The van der Waals surface area contributed by atoms with Gasteiger partial charge in [-0.15, -0.1) is 11.3 Å². The van der Waals surface area contributed by atoms with Crippen LogP contribution in [0.3, 0.4) is 0 Å². The van der Waals surface area contributed by atoms with E-state index in [9.17, 15) is 18.4 Å². The van der Waals surface area contributed by atoms with Gasteiger partial charge in [0.2, 0.25) is 5.91 Å². The number of nitrogen functional groups attached to an aromatic ring is 1. The molecule has 1 saturated carbocycles. The van der Waals surface area contributed by atoms with E-state index in [4.69, 9.17) is 10.5 Å². The minimum absolute atomic E-state index is 0.215. The van der Waals surface area contributed by atoms with Crippen molar-refractivity contribution in [3.8, 4) is 0 Å². The van der Waals surface area contributed by atoms with E-state index in [0.29, 0.717) is 22.8 Å². The van der Waals surface area contributed by atoms with Gasteiger partial charge in [0.05, 0.1) is 24.8 Å². The van der Waals surface area contributed by atoms with E-state index in [1.54, 1.807) is 17.5 Å². The van der Waals surface area contributed by atoms with Gasteiger partial charge < -0.3 is 21.1 Å². The SMILES string of the molecule is COC(=O)NC(Cc1ccccc1)C(=O)NC(Cc1ccc(N)cc1)c1nc(C2CC2(F)F)cs1. The molecule has 1 aliphatic carbocycles. The molecule has 3 atom stereocenters. The van der Waals surface area contributed by atoms with Crippen LogP contribution in [0, 0.1) is 0 Å². The zero-order valence-corrected chi connectivity index (χ0v) is 19.9. The molecule has 0 aliphatic heterocycles. The van der Waals surface area contributed by atoms with Crippen molar-refractivity contribution in [2.75, 3.05) is 12.8 Å². The average molecular weight is 501 g/mol. The van der Waals surface area contributed by atoms with Crippen molar-refractivity contribution in [3.05, 3.63) is 81.8 Å². The summed E-state index contributed by atoms with van der Waals surface area (Å²) in [4.78, 5) is 29.7. The predicted octanol–water partition coefficient (Wildman–Crippen LogP) is 4.22. The van der Waals surface area contributed by atoms with Gasteiger partial charge in [-0.2, -0.15) is 0 Å². The van der Waals surface area contributed by atoms with Crippen LogP contribution in [0.15, 0.2) is 60.0 Å². The molecule has 1 heterocycles. The first-order valence-corrected chi connectivity index (χ1v) is 12.0. The van der Waals surface area contributed by atoms with Crippen molar-refractivity contribution >= 4 is 29.0 Å². The minimum atomic E-state index is -2.73. The summed E-state index contributed by atoms with van der Waals surface area (Å²) in [6.07, 6.45) is -0.332. The number of thiazole rings is 1. The molecule has 0 bridgehead atoms. The van der Waals surface area contributed by atoms with E-state index in [-0.39, 0.29) is 12.8 Å². The molecule has 1 aliphatic rings. The number of benzene rings is 2. The molecule has 0 radical (unpaired) electrons. The van der Waals surface area contributed by atoms with Crippen LogP contribution < -0.4 is 16.4 Å². The van der Waals surface area contributed by atoms with Crippen LogP contribution in [-0.4, -0.2) is 36.1 Å². The molecule has 184 valence electrons. The van der Waals surface area contributed by atoms with Crippen LogP contribution in [0.25, 0.3) is 0 Å². The monoisotopic (exact) mass is 500 g/mol. The first-order chi connectivity index (χ1) is 16.7. The number of methoxy groups -OCH3 is 1. The molecule has 3 aromatic rings. The zero-order chi connectivity index (χ0) is 25.0. The van der Waals surface area contributed by atoms with E-state index in [2.05, 4.69) is 15.6 Å². The van der Waals surface area contributed by atoms with Crippen LogP contribution in [0.5, 0.6) is 0 Å². The molecule has 1 aromatic heterocycles. The van der Waals surface area contributed by atoms with Gasteiger partial charge in [-0.05, 0) is 29.7 Å². The lowest BCUT2D eigenvalue weighted by atomic mass is 10.0. The Bertz CT molecular complexity index is 1170. The summed E-state index contributed by atoms with van der Waals surface area (Å²) in [6, 6.07) is 14.9. The molecule has 0 spiro atoms. The van der Waals surface area contributed by atoms with Crippen molar-refractivity contribution in [1.29, 1.82) is 0 Å². The summed E-state index contributed by atoms with van der Waals surface area (Å²) >= 11 is 1.23. The summed E-state index contributed by atoms with van der Waals surface area (Å²) in [5.41, 5.74) is 8.47. The van der Waals surface area contributed by atoms with E-state index in [1.165, 1.54) is 18.4 Å². The number of anilines is 1. The summed E-state index contributed by atoms with van der Waals surface area (Å²) in [7, 11) is 1.22. The largest absolute Gasteiger partial charge is 0.453 e. The quantitative estimate of drug-likeness (QED) is 0.382. The molecule has 0 saturated heterocycles. The maximum atomic E-state index is 13.6. The van der Waals surface area contributed by atoms with Crippen LogP contribution in [0.4, 0.5) is 19.3 Å². The lowest BCUT2D eigenvalue weighted by molar-refractivity contribution is -0.123. The Morgan fingerprint density at radius 3 is 2.40 bits per heavy atom. The van der Waals surface area contributed by atoms with Crippen molar-refractivity contribution in [1.82, 2.24) is 15.6 Å². The van der Waals surface area contributed by atoms with E-state index in [0.717, 1.165) is 11.1 Å². The number of hydrogen-bond acceptors (Lipinski definition) is 6. The van der Waals surface area contributed by atoms with Gasteiger partial charge in [-0.1, -0.05) is 42.5 Å². The van der Waals surface area contributed by atoms with Crippen LogP contribution in [0.2, 0.25) is 0 Å². The van der Waals surface area contributed by atoms with Gasteiger partial charge >= 0.3 is 6.09 Å². The number of halogens is 2. The number of nitrogens with two attached hydrogens (primary N) is 1. The first-order valence-electron chi connectivity index (χ1n) is 11.1. The Balaban J connectivity index is 1.56. The van der Waals surface area contributed by atoms with Crippen molar-refractivity contribution in [3.63, 3.8) is 0 Å². The summed E-state index contributed by atoms with van der Waals surface area (Å²) in [5.74, 6) is -4.05. The van der Waals surface area contributed by atoms with Gasteiger partial charge in [-0.25, -0.2) is 18.6 Å². The topological polar surface area (TPSA) is 106 Å².